The lowest BCUT2D eigenvalue weighted by Crippen LogP contribution is -2.51. The summed E-state index contributed by atoms with van der Waals surface area (Å²) < 4.78 is 13.0. The van der Waals surface area contributed by atoms with Crippen LogP contribution < -0.4 is 26.0 Å². The van der Waals surface area contributed by atoms with Crippen molar-refractivity contribution in [2.24, 2.45) is 0 Å². The molecule has 0 bridgehead atoms. The van der Waals surface area contributed by atoms with Crippen LogP contribution in [-0.2, 0) is 17.8 Å². The Kier molecular flexibility index (Phi) is 8.82. The zero-order valence-electron chi connectivity index (χ0n) is 24.8. The fraction of sp³-hybridized carbons (Fsp3) is 0.419. The standard InChI is InChI=1S/C31H36ClN5O6/c1-19(2)37-29(39)24(23-6-5-7-26(43-4)28(23)32)17-35(31(37)41)18-27(38)34-13-11-21(12-14-34)36-15-10-20-16-22(42-3)8-9-25(20)33-30(36)40/h5-9,16-17,19,21H,10-15,18H2,1-4H3,(H,33,40). The lowest BCUT2D eigenvalue weighted by molar-refractivity contribution is -0.133. The highest BCUT2D eigenvalue weighted by molar-refractivity contribution is 6.34. The summed E-state index contributed by atoms with van der Waals surface area (Å²) in [7, 11) is 3.10. The fourth-order valence-corrected chi connectivity index (χ4v) is 6.13. The molecule has 43 heavy (non-hydrogen) atoms. The number of rotatable bonds is 7. The van der Waals surface area contributed by atoms with Gasteiger partial charge in [0, 0.05) is 49.2 Å². The summed E-state index contributed by atoms with van der Waals surface area (Å²) in [4.78, 5) is 56.8. The first-order chi connectivity index (χ1) is 20.6. The van der Waals surface area contributed by atoms with Crippen molar-refractivity contribution < 1.29 is 19.1 Å². The van der Waals surface area contributed by atoms with Gasteiger partial charge in [0.15, 0.2) is 0 Å². The number of benzene rings is 2. The quantitative estimate of drug-likeness (QED) is 0.433. The maximum absolute atomic E-state index is 13.4. The summed E-state index contributed by atoms with van der Waals surface area (Å²) in [6.45, 7) is 4.70. The Morgan fingerprint density at radius 3 is 2.44 bits per heavy atom. The number of amides is 3. The Hall–Kier alpha value is -4.25. The van der Waals surface area contributed by atoms with Crippen LogP contribution in [-0.4, -0.2) is 70.8 Å². The number of hydrogen-bond donors (Lipinski definition) is 1. The van der Waals surface area contributed by atoms with E-state index in [1.807, 2.05) is 23.1 Å². The molecule has 0 unspecified atom stereocenters. The minimum absolute atomic E-state index is 0.0207. The van der Waals surface area contributed by atoms with Gasteiger partial charge in [-0.05, 0) is 62.9 Å². The molecule has 2 aliphatic rings. The van der Waals surface area contributed by atoms with Gasteiger partial charge in [-0.1, -0.05) is 23.7 Å². The molecule has 0 spiro atoms. The summed E-state index contributed by atoms with van der Waals surface area (Å²) in [6, 6.07) is 10.1. The highest BCUT2D eigenvalue weighted by Gasteiger charge is 2.32. The van der Waals surface area contributed by atoms with E-state index < -0.39 is 17.3 Å². The number of nitrogens with one attached hydrogen (secondary N) is 1. The van der Waals surface area contributed by atoms with Crippen LogP contribution in [0.1, 0.15) is 38.3 Å². The summed E-state index contributed by atoms with van der Waals surface area (Å²) in [6.07, 6.45) is 3.33. The molecule has 1 fully saturated rings. The number of urea groups is 1. The molecule has 0 aliphatic carbocycles. The molecule has 0 saturated carbocycles. The highest BCUT2D eigenvalue weighted by atomic mass is 35.5. The van der Waals surface area contributed by atoms with Crippen molar-refractivity contribution in [3.63, 3.8) is 0 Å². The number of fused-ring (bicyclic) bond motifs is 1. The Balaban J connectivity index is 1.31. The van der Waals surface area contributed by atoms with Gasteiger partial charge in [-0.15, -0.1) is 0 Å². The minimum Gasteiger partial charge on any atom is -0.497 e. The molecule has 3 amide bonds. The molecule has 0 radical (unpaired) electrons. The molecule has 1 saturated heterocycles. The molecule has 0 atom stereocenters. The van der Waals surface area contributed by atoms with Crippen molar-refractivity contribution in [3.8, 4) is 22.6 Å². The molecule has 3 aromatic rings. The van der Waals surface area contributed by atoms with Crippen LogP contribution in [0.2, 0.25) is 5.02 Å². The number of anilines is 1. The number of carbonyl (C=O) groups excluding carboxylic acids is 2. The summed E-state index contributed by atoms with van der Waals surface area (Å²) in [5, 5.41) is 3.26. The molecular weight excluding hydrogens is 574 g/mol. The smallest absolute Gasteiger partial charge is 0.331 e. The largest absolute Gasteiger partial charge is 0.497 e. The van der Waals surface area contributed by atoms with Crippen molar-refractivity contribution in [1.29, 1.82) is 0 Å². The zero-order valence-corrected chi connectivity index (χ0v) is 25.5. The Bertz CT molecular complexity index is 1660. The first-order valence-electron chi connectivity index (χ1n) is 14.3. The summed E-state index contributed by atoms with van der Waals surface area (Å²) in [5.74, 6) is 0.903. The monoisotopic (exact) mass is 609 g/mol. The lowest BCUT2D eigenvalue weighted by atomic mass is 10.0. The molecule has 1 N–H and O–H groups in total. The van der Waals surface area contributed by atoms with E-state index in [4.69, 9.17) is 21.1 Å². The van der Waals surface area contributed by atoms with E-state index in [9.17, 15) is 19.2 Å². The average molecular weight is 610 g/mol. The molecule has 2 aromatic carbocycles. The van der Waals surface area contributed by atoms with Crippen molar-refractivity contribution in [2.45, 2.75) is 51.7 Å². The van der Waals surface area contributed by atoms with E-state index in [-0.39, 0.29) is 35.1 Å². The Morgan fingerprint density at radius 1 is 1.02 bits per heavy atom. The average Bonchev–Trinajstić information content (AvgIpc) is 3.16. The molecule has 1 aromatic heterocycles. The van der Waals surface area contributed by atoms with Crippen LogP contribution in [0.25, 0.3) is 11.1 Å². The van der Waals surface area contributed by atoms with Crippen LogP contribution in [0.4, 0.5) is 10.5 Å². The Morgan fingerprint density at radius 2 is 1.77 bits per heavy atom. The van der Waals surface area contributed by atoms with E-state index in [0.29, 0.717) is 50.2 Å². The van der Waals surface area contributed by atoms with Gasteiger partial charge < -0.3 is 24.6 Å². The molecular formula is C31H36ClN5O6. The number of hydrogen-bond acceptors (Lipinski definition) is 6. The fourth-order valence-electron chi connectivity index (χ4n) is 5.83. The summed E-state index contributed by atoms with van der Waals surface area (Å²) in [5.41, 5.74) is 1.36. The molecule has 2 aliphatic heterocycles. The van der Waals surface area contributed by atoms with Crippen LogP contribution >= 0.6 is 11.6 Å². The first-order valence-corrected chi connectivity index (χ1v) is 14.7. The van der Waals surface area contributed by atoms with Gasteiger partial charge in [0.25, 0.3) is 5.56 Å². The SMILES string of the molecule is COc1ccc2c(c1)CCN(C1CCN(C(=O)Cn3cc(-c4cccc(OC)c4Cl)c(=O)n(C(C)C)c3=O)CC1)C(=O)N2. The maximum Gasteiger partial charge on any atom is 0.331 e. The molecule has 12 heteroatoms. The molecule has 11 nitrogen and oxygen atoms in total. The minimum atomic E-state index is -0.566. The van der Waals surface area contributed by atoms with E-state index in [2.05, 4.69) is 5.32 Å². The normalized spacial score (nSPS) is 15.6. The van der Waals surface area contributed by atoms with Crippen LogP contribution in [0.15, 0.2) is 52.2 Å². The zero-order chi connectivity index (χ0) is 30.8. The third kappa shape index (κ3) is 5.99. The number of ether oxygens (including phenoxy) is 2. The number of methoxy groups -OCH3 is 2. The Labute approximate surface area is 254 Å². The van der Waals surface area contributed by atoms with Crippen molar-refractivity contribution >= 4 is 29.2 Å². The van der Waals surface area contributed by atoms with E-state index >= 15 is 0 Å². The second kappa shape index (κ2) is 12.5. The van der Waals surface area contributed by atoms with Gasteiger partial charge in [-0.25, -0.2) is 9.59 Å². The topological polar surface area (TPSA) is 115 Å². The van der Waals surface area contributed by atoms with E-state index in [1.165, 1.54) is 17.9 Å². The molecule has 5 rings (SSSR count). The van der Waals surface area contributed by atoms with Gasteiger partial charge in [-0.3, -0.25) is 18.7 Å². The number of aromatic nitrogens is 2. The van der Waals surface area contributed by atoms with Gasteiger partial charge in [0.1, 0.15) is 18.0 Å². The predicted molar refractivity (Wildman–Crippen MR) is 164 cm³/mol. The molecule has 3 heterocycles. The van der Waals surface area contributed by atoms with E-state index in [0.717, 1.165) is 21.6 Å². The second-order valence-corrected chi connectivity index (χ2v) is 11.4. The van der Waals surface area contributed by atoms with E-state index in [1.54, 1.807) is 44.1 Å². The van der Waals surface area contributed by atoms with Crippen molar-refractivity contribution in [1.82, 2.24) is 18.9 Å². The number of likely N-dealkylation sites (tertiary alicyclic amines) is 1. The highest BCUT2D eigenvalue weighted by Crippen LogP contribution is 2.33. The van der Waals surface area contributed by atoms with Gasteiger partial charge in [0.05, 0.1) is 24.8 Å². The van der Waals surface area contributed by atoms with Crippen LogP contribution in [0, 0.1) is 0 Å². The third-order valence-electron chi connectivity index (χ3n) is 8.18. The number of halogens is 1. The van der Waals surface area contributed by atoms with Crippen LogP contribution in [0.5, 0.6) is 11.5 Å². The van der Waals surface area contributed by atoms with Crippen molar-refractivity contribution in [2.75, 3.05) is 39.2 Å². The number of carbonyl (C=O) groups is 2. The maximum atomic E-state index is 13.4. The van der Waals surface area contributed by atoms with Gasteiger partial charge in [-0.2, -0.15) is 0 Å². The predicted octanol–water partition coefficient (Wildman–Crippen LogP) is 4.01. The third-order valence-corrected chi connectivity index (χ3v) is 8.57. The number of piperidine rings is 1. The summed E-state index contributed by atoms with van der Waals surface area (Å²) >= 11 is 6.53. The van der Waals surface area contributed by atoms with Crippen LogP contribution in [0.3, 0.4) is 0 Å². The van der Waals surface area contributed by atoms with Gasteiger partial charge >= 0.3 is 11.7 Å². The lowest BCUT2D eigenvalue weighted by Gasteiger charge is -2.38. The van der Waals surface area contributed by atoms with Gasteiger partial charge in [0.2, 0.25) is 5.91 Å². The van der Waals surface area contributed by atoms with Crippen molar-refractivity contribution in [3.05, 3.63) is 74.0 Å². The second-order valence-electron chi connectivity index (χ2n) is 11.1. The first kappa shape index (κ1) is 30.2. The number of nitrogens with zero attached hydrogens (tertiary/aromatic N) is 4. The molecule has 228 valence electrons.